The first-order chi connectivity index (χ1) is 14.2. The largest absolute Gasteiger partial charge is 0.357 e. The van der Waals surface area contributed by atoms with Crippen LogP contribution in [-0.2, 0) is 6.54 Å². The molecule has 0 radical (unpaired) electrons. The molecule has 1 amide bonds. The van der Waals surface area contributed by atoms with E-state index in [2.05, 4.69) is 52.3 Å². The van der Waals surface area contributed by atoms with Crippen LogP contribution in [0.25, 0.3) is 21.8 Å². The average molecular weight is 384 g/mol. The second-order valence-electron chi connectivity index (χ2n) is 7.80. The molecule has 1 fully saturated rings. The van der Waals surface area contributed by atoms with Gasteiger partial charge in [0.05, 0.1) is 11.0 Å². The normalized spacial score (nSPS) is 15.3. The van der Waals surface area contributed by atoms with Gasteiger partial charge in [0.15, 0.2) is 0 Å². The third-order valence-corrected chi connectivity index (χ3v) is 5.73. The number of rotatable bonds is 3. The van der Waals surface area contributed by atoms with E-state index >= 15 is 0 Å². The molecule has 0 atom stereocenters. The first kappa shape index (κ1) is 17.9. The van der Waals surface area contributed by atoms with Crippen molar-refractivity contribution in [1.82, 2.24) is 19.8 Å². The Morgan fingerprint density at radius 1 is 0.966 bits per heavy atom. The number of hydrogen-bond donors (Lipinski definition) is 1. The van der Waals surface area contributed by atoms with Gasteiger partial charge in [0.25, 0.3) is 5.91 Å². The SMILES string of the molecule is Cc1ccc2ccc3cc(C(=O)N4CCN(Cc5ccccc5)CC4)nc3c2[nH]1. The van der Waals surface area contributed by atoms with Gasteiger partial charge in [0, 0.05) is 49.2 Å². The fraction of sp³-hybridized carbons (Fsp3) is 0.250. The summed E-state index contributed by atoms with van der Waals surface area (Å²) < 4.78 is 0. The van der Waals surface area contributed by atoms with Crippen molar-refractivity contribution in [2.75, 3.05) is 26.2 Å². The number of nitrogens with one attached hydrogen (secondary N) is 1. The maximum absolute atomic E-state index is 13.1. The molecular weight excluding hydrogens is 360 g/mol. The second-order valence-corrected chi connectivity index (χ2v) is 7.80. The van der Waals surface area contributed by atoms with Gasteiger partial charge in [0.1, 0.15) is 5.69 Å². The van der Waals surface area contributed by atoms with Crippen LogP contribution in [0.3, 0.4) is 0 Å². The van der Waals surface area contributed by atoms with Crippen molar-refractivity contribution in [3.63, 3.8) is 0 Å². The molecular formula is C24H24N4O. The van der Waals surface area contributed by atoms with Gasteiger partial charge in [-0.25, -0.2) is 4.98 Å². The lowest BCUT2D eigenvalue weighted by atomic mass is 10.1. The first-order valence-corrected chi connectivity index (χ1v) is 10.1. The Morgan fingerprint density at radius 2 is 1.69 bits per heavy atom. The van der Waals surface area contributed by atoms with Gasteiger partial charge in [-0.05, 0) is 24.6 Å². The third-order valence-electron chi connectivity index (χ3n) is 5.73. The molecule has 29 heavy (non-hydrogen) atoms. The average Bonchev–Trinajstić information content (AvgIpc) is 3.19. The Balaban J connectivity index is 1.33. The third kappa shape index (κ3) is 3.49. The molecule has 1 N–H and O–H groups in total. The van der Waals surface area contributed by atoms with E-state index in [1.807, 2.05) is 30.0 Å². The Hall–Kier alpha value is -3.18. The molecule has 0 spiro atoms. The maximum Gasteiger partial charge on any atom is 0.272 e. The van der Waals surface area contributed by atoms with Gasteiger partial charge in [-0.1, -0.05) is 48.5 Å². The van der Waals surface area contributed by atoms with Crippen LogP contribution in [0.5, 0.6) is 0 Å². The number of carbonyl (C=O) groups is 1. The standard InChI is InChI=1S/C24H24N4O/c1-17-7-8-19-9-10-20-15-21(26-23(20)22(19)25-17)24(29)28-13-11-27(12-14-28)16-18-5-3-2-4-6-18/h2-10,15,25H,11-14,16H2,1H3. The van der Waals surface area contributed by atoms with Gasteiger partial charge in [-0.15, -0.1) is 0 Å². The summed E-state index contributed by atoms with van der Waals surface area (Å²) >= 11 is 0. The zero-order valence-electron chi connectivity index (χ0n) is 16.6. The lowest BCUT2D eigenvalue weighted by Gasteiger charge is -2.34. The molecule has 4 aromatic rings. The molecule has 0 saturated carbocycles. The molecule has 0 unspecified atom stereocenters. The Kier molecular flexibility index (Phi) is 4.52. The summed E-state index contributed by atoms with van der Waals surface area (Å²) in [4.78, 5) is 25.5. The van der Waals surface area contributed by atoms with Crippen LogP contribution in [0, 0.1) is 6.92 Å². The molecule has 0 aliphatic carbocycles. The zero-order valence-corrected chi connectivity index (χ0v) is 16.6. The quantitative estimate of drug-likeness (QED) is 0.581. The lowest BCUT2D eigenvalue weighted by Crippen LogP contribution is -2.48. The number of benzene rings is 2. The predicted octanol–water partition coefficient (Wildman–Crippen LogP) is 3.98. The van der Waals surface area contributed by atoms with Gasteiger partial charge in [0.2, 0.25) is 0 Å². The fourth-order valence-electron chi connectivity index (χ4n) is 4.11. The highest BCUT2D eigenvalue weighted by atomic mass is 16.2. The number of hydrogen-bond acceptors (Lipinski definition) is 3. The number of aromatic nitrogens is 2. The minimum absolute atomic E-state index is 0.0290. The van der Waals surface area contributed by atoms with Crippen molar-refractivity contribution in [3.05, 3.63) is 77.6 Å². The van der Waals surface area contributed by atoms with E-state index in [4.69, 9.17) is 4.98 Å². The van der Waals surface area contributed by atoms with Crippen LogP contribution in [0.4, 0.5) is 0 Å². The molecule has 0 bridgehead atoms. The van der Waals surface area contributed by atoms with Crippen LogP contribution in [-0.4, -0.2) is 51.9 Å². The summed E-state index contributed by atoms with van der Waals surface area (Å²) in [6.45, 7) is 6.21. The number of amides is 1. The molecule has 1 aliphatic rings. The van der Waals surface area contributed by atoms with Crippen molar-refractivity contribution in [2.24, 2.45) is 0 Å². The van der Waals surface area contributed by atoms with Gasteiger partial charge >= 0.3 is 0 Å². The second kappa shape index (κ2) is 7.33. The Bertz CT molecular complexity index is 1170. The minimum Gasteiger partial charge on any atom is -0.357 e. The molecule has 146 valence electrons. The van der Waals surface area contributed by atoms with E-state index in [1.165, 1.54) is 5.56 Å². The Morgan fingerprint density at radius 3 is 2.48 bits per heavy atom. The molecule has 5 nitrogen and oxygen atoms in total. The van der Waals surface area contributed by atoms with Crippen LogP contribution in [0.1, 0.15) is 21.7 Å². The number of aromatic amines is 1. The van der Waals surface area contributed by atoms with Crippen LogP contribution >= 0.6 is 0 Å². The highest BCUT2D eigenvalue weighted by molar-refractivity contribution is 6.07. The zero-order chi connectivity index (χ0) is 19.8. The maximum atomic E-state index is 13.1. The summed E-state index contributed by atoms with van der Waals surface area (Å²) in [5, 5.41) is 2.11. The molecule has 5 heteroatoms. The molecule has 3 heterocycles. The van der Waals surface area contributed by atoms with E-state index < -0.39 is 0 Å². The monoisotopic (exact) mass is 384 g/mol. The van der Waals surface area contributed by atoms with Crippen molar-refractivity contribution >= 4 is 27.7 Å². The van der Waals surface area contributed by atoms with Crippen LogP contribution in [0.15, 0.2) is 60.7 Å². The molecule has 1 aliphatic heterocycles. The fourth-order valence-corrected chi connectivity index (χ4v) is 4.11. The van der Waals surface area contributed by atoms with Crippen LogP contribution in [0.2, 0.25) is 0 Å². The number of nitrogens with zero attached hydrogens (tertiary/aromatic N) is 3. The predicted molar refractivity (Wildman–Crippen MR) is 116 cm³/mol. The summed E-state index contributed by atoms with van der Waals surface area (Å²) in [7, 11) is 0. The highest BCUT2D eigenvalue weighted by Gasteiger charge is 2.24. The van der Waals surface area contributed by atoms with Gasteiger partial charge < -0.3 is 9.88 Å². The molecule has 1 saturated heterocycles. The lowest BCUT2D eigenvalue weighted by molar-refractivity contribution is 0.0623. The topological polar surface area (TPSA) is 52.2 Å². The summed E-state index contributed by atoms with van der Waals surface area (Å²) in [6.07, 6.45) is 0. The van der Waals surface area contributed by atoms with E-state index in [0.717, 1.165) is 60.2 Å². The number of pyridine rings is 1. The van der Waals surface area contributed by atoms with E-state index in [0.29, 0.717) is 5.69 Å². The van der Waals surface area contributed by atoms with E-state index in [9.17, 15) is 4.79 Å². The van der Waals surface area contributed by atoms with Gasteiger partial charge in [-0.2, -0.15) is 0 Å². The van der Waals surface area contributed by atoms with Gasteiger partial charge in [-0.3, -0.25) is 9.69 Å². The van der Waals surface area contributed by atoms with Crippen molar-refractivity contribution < 1.29 is 4.79 Å². The summed E-state index contributed by atoms with van der Waals surface area (Å²) in [5.74, 6) is 0.0290. The summed E-state index contributed by atoms with van der Waals surface area (Å²) in [5.41, 5.74) is 4.80. The summed E-state index contributed by atoms with van der Waals surface area (Å²) in [6, 6.07) is 20.7. The minimum atomic E-state index is 0.0290. The smallest absolute Gasteiger partial charge is 0.272 e. The first-order valence-electron chi connectivity index (χ1n) is 10.1. The van der Waals surface area contributed by atoms with Crippen LogP contribution < -0.4 is 0 Å². The Labute approximate surface area is 170 Å². The highest BCUT2D eigenvalue weighted by Crippen LogP contribution is 2.25. The van der Waals surface area contributed by atoms with Crippen molar-refractivity contribution in [2.45, 2.75) is 13.5 Å². The van der Waals surface area contributed by atoms with Crippen molar-refractivity contribution in [1.29, 1.82) is 0 Å². The molecule has 2 aromatic carbocycles. The van der Waals surface area contributed by atoms with E-state index in [1.54, 1.807) is 0 Å². The number of aryl methyl sites for hydroxylation is 1. The molecule has 5 rings (SSSR count). The number of fused-ring (bicyclic) bond motifs is 3. The molecule has 2 aromatic heterocycles. The number of carbonyl (C=O) groups excluding carboxylic acids is 1. The number of piperazine rings is 1. The van der Waals surface area contributed by atoms with E-state index in [-0.39, 0.29) is 5.91 Å². The van der Waals surface area contributed by atoms with Crippen molar-refractivity contribution in [3.8, 4) is 0 Å². The number of H-pyrrole nitrogens is 1.